The van der Waals surface area contributed by atoms with E-state index in [9.17, 15) is 4.79 Å². The minimum atomic E-state index is -0.116. The molecule has 2 nitrogen and oxygen atoms in total. The number of rotatable bonds is 5. The maximum atomic E-state index is 12.6. The fraction of sp³-hybridized carbons (Fsp3) is 0.562. The summed E-state index contributed by atoms with van der Waals surface area (Å²) in [5.41, 5.74) is 1.05. The van der Waals surface area contributed by atoms with Gasteiger partial charge in [-0.1, -0.05) is 66.0 Å². The van der Waals surface area contributed by atoms with Gasteiger partial charge in [0, 0.05) is 10.7 Å². The van der Waals surface area contributed by atoms with Crippen molar-refractivity contribution in [3.8, 4) is 0 Å². The molecule has 1 saturated carbocycles. The van der Waals surface area contributed by atoms with Crippen LogP contribution in [0, 0.1) is 5.41 Å². The lowest BCUT2D eigenvalue weighted by Crippen LogP contribution is -2.41. The molecule has 1 fully saturated rings. The van der Waals surface area contributed by atoms with Crippen molar-refractivity contribution in [2.24, 2.45) is 5.41 Å². The zero-order chi connectivity index (χ0) is 13.7. The molecular formula is C16H22BrNO. The molecule has 0 spiro atoms. The quantitative estimate of drug-likeness (QED) is 0.808. The lowest BCUT2D eigenvalue weighted by molar-refractivity contribution is -0.131. The van der Waals surface area contributed by atoms with E-state index in [1.54, 1.807) is 0 Å². The van der Waals surface area contributed by atoms with Crippen LogP contribution in [0.2, 0.25) is 0 Å². The Bertz CT molecular complexity index is 412. The normalized spacial score (nSPS) is 19.1. The second-order valence-corrected chi connectivity index (χ2v) is 6.08. The van der Waals surface area contributed by atoms with E-state index in [-0.39, 0.29) is 17.4 Å². The number of alkyl halides is 1. The molecule has 0 aliphatic heterocycles. The van der Waals surface area contributed by atoms with Crippen LogP contribution in [-0.4, -0.2) is 11.2 Å². The number of nitrogens with one attached hydrogen (secondary N) is 1. The minimum absolute atomic E-state index is 0.0673. The van der Waals surface area contributed by atoms with E-state index in [2.05, 4.69) is 40.3 Å². The fourth-order valence-electron chi connectivity index (χ4n) is 3.00. The maximum Gasteiger partial charge on any atom is 0.226 e. The van der Waals surface area contributed by atoms with Crippen molar-refractivity contribution in [3.63, 3.8) is 0 Å². The van der Waals surface area contributed by atoms with Crippen LogP contribution in [0.25, 0.3) is 0 Å². The molecule has 1 aromatic rings. The Hall–Kier alpha value is -0.830. The van der Waals surface area contributed by atoms with Gasteiger partial charge >= 0.3 is 0 Å². The summed E-state index contributed by atoms with van der Waals surface area (Å²) >= 11 is 3.51. The molecule has 0 bridgehead atoms. The van der Waals surface area contributed by atoms with Crippen molar-refractivity contribution in [2.45, 2.75) is 45.1 Å². The van der Waals surface area contributed by atoms with Gasteiger partial charge in [-0.15, -0.1) is 0 Å². The van der Waals surface area contributed by atoms with Crippen LogP contribution in [0.1, 0.15) is 50.6 Å². The highest BCUT2D eigenvalue weighted by molar-refractivity contribution is 9.09. The maximum absolute atomic E-state index is 12.6. The number of benzene rings is 1. The highest BCUT2D eigenvalue weighted by Crippen LogP contribution is 2.41. The molecule has 0 radical (unpaired) electrons. The second-order valence-electron chi connectivity index (χ2n) is 5.43. The van der Waals surface area contributed by atoms with Crippen LogP contribution in [0.5, 0.6) is 0 Å². The topological polar surface area (TPSA) is 29.1 Å². The highest BCUT2D eigenvalue weighted by atomic mass is 79.9. The molecule has 0 aromatic heterocycles. The molecule has 0 heterocycles. The van der Waals surface area contributed by atoms with Gasteiger partial charge in [-0.05, 0) is 24.8 Å². The van der Waals surface area contributed by atoms with Gasteiger partial charge in [0.15, 0.2) is 0 Å². The molecule has 1 N–H and O–H groups in total. The van der Waals surface area contributed by atoms with Crippen LogP contribution >= 0.6 is 15.9 Å². The van der Waals surface area contributed by atoms with Gasteiger partial charge in [-0.25, -0.2) is 0 Å². The Morgan fingerprint density at radius 1 is 1.32 bits per heavy atom. The second kappa shape index (κ2) is 6.56. The summed E-state index contributed by atoms with van der Waals surface area (Å²) in [6.07, 6.45) is 5.40. The Kier molecular flexibility index (Phi) is 5.03. The standard InChI is InChI=1S/C16H22BrNO/c1-2-16(10-6-7-11-16)15(19)18-14(12-17)13-8-4-3-5-9-13/h3-5,8-9,14H,2,6-7,10-12H2,1H3,(H,18,19). The third-order valence-corrected chi connectivity index (χ3v) is 5.03. The van der Waals surface area contributed by atoms with Crippen molar-refractivity contribution in [1.29, 1.82) is 0 Å². The predicted octanol–water partition coefficient (Wildman–Crippen LogP) is 4.21. The summed E-state index contributed by atoms with van der Waals surface area (Å²) in [6.45, 7) is 2.14. The van der Waals surface area contributed by atoms with Gasteiger partial charge in [0.1, 0.15) is 0 Å². The summed E-state index contributed by atoms with van der Waals surface area (Å²) < 4.78 is 0. The molecule has 1 unspecified atom stereocenters. The SMILES string of the molecule is CCC1(C(=O)NC(CBr)c2ccccc2)CCCC1. The predicted molar refractivity (Wildman–Crippen MR) is 82.3 cm³/mol. The largest absolute Gasteiger partial charge is 0.348 e. The first-order valence-electron chi connectivity index (χ1n) is 7.14. The van der Waals surface area contributed by atoms with Crippen LogP contribution < -0.4 is 5.32 Å². The van der Waals surface area contributed by atoms with E-state index in [0.717, 1.165) is 30.2 Å². The minimum Gasteiger partial charge on any atom is -0.348 e. The number of carbonyl (C=O) groups is 1. The van der Waals surface area contributed by atoms with Crippen molar-refractivity contribution >= 4 is 21.8 Å². The van der Waals surface area contributed by atoms with E-state index in [4.69, 9.17) is 0 Å². The lowest BCUT2D eigenvalue weighted by atomic mass is 9.82. The first-order chi connectivity index (χ1) is 9.22. The van der Waals surface area contributed by atoms with Crippen molar-refractivity contribution in [2.75, 3.05) is 5.33 Å². The third kappa shape index (κ3) is 3.19. The zero-order valence-corrected chi connectivity index (χ0v) is 13.1. The van der Waals surface area contributed by atoms with Crippen LogP contribution in [-0.2, 0) is 4.79 Å². The highest BCUT2D eigenvalue weighted by Gasteiger charge is 2.39. The van der Waals surface area contributed by atoms with E-state index in [1.807, 2.05) is 18.2 Å². The first kappa shape index (κ1) is 14.6. The lowest BCUT2D eigenvalue weighted by Gasteiger charge is -2.29. The van der Waals surface area contributed by atoms with E-state index in [1.165, 1.54) is 12.8 Å². The molecule has 1 atom stereocenters. The molecule has 1 amide bonds. The average Bonchev–Trinajstić information content (AvgIpc) is 2.95. The monoisotopic (exact) mass is 323 g/mol. The van der Waals surface area contributed by atoms with Gasteiger partial charge < -0.3 is 5.32 Å². The first-order valence-corrected chi connectivity index (χ1v) is 8.26. The number of halogens is 1. The summed E-state index contributed by atoms with van der Waals surface area (Å²) in [5, 5.41) is 3.98. The Labute approximate surface area is 124 Å². The van der Waals surface area contributed by atoms with E-state index >= 15 is 0 Å². The summed E-state index contributed by atoms with van der Waals surface area (Å²) in [4.78, 5) is 12.6. The van der Waals surface area contributed by atoms with Crippen LogP contribution in [0.3, 0.4) is 0 Å². The number of hydrogen-bond donors (Lipinski definition) is 1. The summed E-state index contributed by atoms with van der Waals surface area (Å²) in [6, 6.07) is 10.2. The Morgan fingerprint density at radius 3 is 2.47 bits per heavy atom. The summed E-state index contributed by atoms with van der Waals surface area (Å²) in [7, 11) is 0. The van der Waals surface area contributed by atoms with Crippen LogP contribution in [0.15, 0.2) is 30.3 Å². The molecule has 2 rings (SSSR count). The average molecular weight is 324 g/mol. The van der Waals surface area contributed by atoms with Crippen molar-refractivity contribution < 1.29 is 4.79 Å². The zero-order valence-electron chi connectivity index (χ0n) is 11.5. The molecule has 0 saturated heterocycles. The smallest absolute Gasteiger partial charge is 0.226 e. The Morgan fingerprint density at radius 2 is 1.95 bits per heavy atom. The number of carbonyl (C=O) groups excluding carboxylic acids is 1. The fourth-order valence-corrected chi connectivity index (χ4v) is 3.54. The molecule has 19 heavy (non-hydrogen) atoms. The van der Waals surface area contributed by atoms with Crippen molar-refractivity contribution in [3.05, 3.63) is 35.9 Å². The van der Waals surface area contributed by atoms with Gasteiger partial charge in [-0.3, -0.25) is 4.79 Å². The van der Waals surface area contributed by atoms with E-state index in [0.29, 0.717) is 0 Å². The van der Waals surface area contributed by atoms with Gasteiger partial charge in [0.25, 0.3) is 0 Å². The Balaban J connectivity index is 2.08. The molecule has 1 aromatic carbocycles. The number of amides is 1. The van der Waals surface area contributed by atoms with Gasteiger partial charge in [0.05, 0.1) is 6.04 Å². The van der Waals surface area contributed by atoms with Crippen LogP contribution in [0.4, 0.5) is 0 Å². The molecule has 104 valence electrons. The molecular weight excluding hydrogens is 302 g/mol. The molecule has 1 aliphatic rings. The molecule has 1 aliphatic carbocycles. The third-order valence-electron chi connectivity index (χ3n) is 4.38. The number of hydrogen-bond acceptors (Lipinski definition) is 1. The summed E-state index contributed by atoms with van der Waals surface area (Å²) in [5.74, 6) is 0.237. The van der Waals surface area contributed by atoms with Gasteiger partial charge in [-0.2, -0.15) is 0 Å². The molecule has 3 heteroatoms. The van der Waals surface area contributed by atoms with Gasteiger partial charge in [0.2, 0.25) is 5.91 Å². The van der Waals surface area contributed by atoms with E-state index < -0.39 is 0 Å². The van der Waals surface area contributed by atoms with Crippen molar-refractivity contribution in [1.82, 2.24) is 5.32 Å².